The van der Waals surface area contributed by atoms with E-state index in [-0.39, 0.29) is 17.1 Å². The van der Waals surface area contributed by atoms with Gasteiger partial charge in [-0.1, -0.05) is 6.92 Å². The van der Waals surface area contributed by atoms with E-state index in [1.165, 1.54) is 18.7 Å². The molecule has 1 unspecified atom stereocenters. The molecule has 0 aromatic heterocycles. The number of piperazine rings is 1. The Kier molecular flexibility index (Phi) is 5.45. The number of carboxylic acid groups (broad SMARTS) is 1. The van der Waals surface area contributed by atoms with Crippen molar-refractivity contribution in [3.63, 3.8) is 0 Å². The highest BCUT2D eigenvalue weighted by molar-refractivity contribution is 6.08. The van der Waals surface area contributed by atoms with Gasteiger partial charge in [-0.05, 0) is 20.3 Å². The molecule has 0 spiro atoms. The lowest BCUT2D eigenvalue weighted by Crippen LogP contribution is -2.59. The summed E-state index contributed by atoms with van der Waals surface area (Å²) in [7, 11) is 0. The van der Waals surface area contributed by atoms with E-state index < -0.39 is 23.9 Å². The van der Waals surface area contributed by atoms with Gasteiger partial charge in [0.1, 0.15) is 6.04 Å². The minimum absolute atomic E-state index is 0.0506. The van der Waals surface area contributed by atoms with E-state index in [4.69, 9.17) is 5.11 Å². The van der Waals surface area contributed by atoms with Gasteiger partial charge in [0.2, 0.25) is 5.91 Å². The Labute approximate surface area is 122 Å². The lowest BCUT2D eigenvalue weighted by atomic mass is 10.1. The number of hydrogen-bond donors (Lipinski definition) is 3. The molecule has 1 fully saturated rings. The van der Waals surface area contributed by atoms with E-state index in [0.29, 0.717) is 19.5 Å². The maximum absolute atomic E-state index is 12.1. The third kappa shape index (κ3) is 3.80. The number of imide groups is 1. The molecule has 1 saturated heterocycles. The van der Waals surface area contributed by atoms with Crippen molar-refractivity contribution in [3.05, 3.63) is 11.1 Å². The van der Waals surface area contributed by atoms with Crippen LogP contribution in [0.15, 0.2) is 11.1 Å². The zero-order chi connectivity index (χ0) is 16.2. The number of carboxylic acids is 1. The molecule has 1 rings (SSSR count). The fraction of sp³-hybridized carbons (Fsp3) is 0.538. The van der Waals surface area contributed by atoms with Crippen LogP contribution in [0.3, 0.4) is 0 Å². The lowest BCUT2D eigenvalue weighted by Gasteiger charge is -2.34. The number of carbonyl (C=O) groups excluding carboxylic acids is 3. The predicted molar refractivity (Wildman–Crippen MR) is 73.3 cm³/mol. The van der Waals surface area contributed by atoms with Gasteiger partial charge in [0, 0.05) is 24.2 Å². The molecule has 1 aliphatic heterocycles. The first-order valence-corrected chi connectivity index (χ1v) is 6.60. The van der Waals surface area contributed by atoms with Crippen LogP contribution in [-0.4, -0.2) is 53.0 Å². The third-order valence-electron chi connectivity index (χ3n) is 3.42. The molecular weight excluding hydrogens is 278 g/mol. The van der Waals surface area contributed by atoms with Gasteiger partial charge in [-0.15, -0.1) is 0 Å². The number of aliphatic carboxylic acids is 1. The molecule has 21 heavy (non-hydrogen) atoms. The molecule has 1 heterocycles. The van der Waals surface area contributed by atoms with Gasteiger partial charge in [0.25, 0.3) is 5.91 Å². The van der Waals surface area contributed by atoms with Gasteiger partial charge in [0.05, 0.1) is 0 Å². The van der Waals surface area contributed by atoms with Crippen LogP contribution in [0.5, 0.6) is 0 Å². The number of amides is 4. The third-order valence-corrected chi connectivity index (χ3v) is 3.42. The first-order valence-electron chi connectivity index (χ1n) is 6.60. The van der Waals surface area contributed by atoms with Crippen molar-refractivity contribution in [2.75, 3.05) is 13.1 Å². The summed E-state index contributed by atoms with van der Waals surface area (Å²) < 4.78 is 0. The van der Waals surface area contributed by atoms with Crippen LogP contribution in [0.1, 0.15) is 27.2 Å². The molecule has 1 atom stereocenters. The van der Waals surface area contributed by atoms with Gasteiger partial charge in [-0.25, -0.2) is 9.59 Å². The second-order valence-electron chi connectivity index (χ2n) is 4.72. The fourth-order valence-corrected chi connectivity index (χ4v) is 1.96. The van der Waals surface area contributed by atoms with Crippen molar-refractivity contribution < 1.29 is 24.3 Å². The van der Waals surface area contributed by atoms with Crippen LogP contribution in [0, 0.1) is 0 Å². The Morgan fingerprint density at radius 3 is 2.48 bits per heavy atom. The van der Waals surface area contributed by atoms with Crippen LogP contribution >= 0.6 is 0 Å². The molecule has 0 aromatic rings. The summed E-state index contributed by atoms with van der Waals surface area (Å²) in [4.78, 5) is 47.6. The van der Waals surface area contributed by atoms with Crippen molar-refractivity contribution in [2.24, 2.45) is 0 Å². The molecule has 8 heteroatoms. The summed E-state index contributed by atoms with van der Waals surface area (Å²) in [5, 5.41) is 13.6. The molecule has 1 aliphatic rings. The Bertz CT molecular complexity index is 512. The van der Waals surface area contributed by atoms with E-state index in [9.17, 15) is 19.2 Å². The zero-order valence-electron chi connectivity index (χ0n) is 12.2. The summed E-state index contributed by atoms with van der Waals surface area (Å²) >= 11 is 0. The largest absolute Gasteiger partial charge is 0.478 e. The second kappa shape index (κ2) is 6.87. The number of urea groups is 1. The Morgan fingerprint density at radius 2 is 1.95 bits per heavy atom. The van der Waals surface area contributed by atoms with E-state index in [1.54, 1.807) is 6.92 Å². The zero-order valence-corrected chi connectivity index (χ0v) is 12.2. The molecular formula is C13H19N3O5. The Balaban J connectivity index is 2.81. The highest BCUT2D eigenvalue weighted by atomic mass is 16.4. The van der Waals surface area contributed by atoms with Gasteiger partial charge in [-0.2, -0.15) is 0 Å². The summed E-state index contributed by atoms with van der Waals surface area (Å²) in [5.41, 5.74) is -0.186. The molecule has 0 aromatic carbocycles. The topological polar surface area (TPSA) is 116 Å². The summed E-state index contributed by atoms with van der Waals surface area (Å²) in [5.74, 6) is -2.26. The predicted octanol–water partition coefficient (Wildman–Crippen LogP) is -0.146. The first-order chi connectivity index (χ1) is 9.79. The van der Waals surface area contributed by atoms with Crippen molar-refractivity contribution in [1.82, 2.24) is 15.5 Å². The van der Waals surface area contributed by atoms with E-state index in [0.717, 1.165) is 0 Å². The summed E-state index contributed by atoms with van der Waals surface area (Å²) in [6.45, 7) is 4.98. The van der Waals surface area contributed by atoms with Gasteiger partial charge < -0.3 is 15.3 Å². The van der Waals surface area contributed by atoms with Gasteiger partial charge >= 0.3 is 12.0 Å². The first kappa shape index (κ1) is 16.7. The van der Waals surface area contributed by atoms with Crippen molar-refractivity contribution in [1.29, 1.82) is 0 Å². The van der Waals surface area contributed by atoms with Gasteiger partial charge in [0.15, 0.2) is 0 Å². The van der Waals surface area contributed by atoms with E-state index in [2.05, 4.69) is 10.6 Å². The van der Waals surface area contributed by atoms with Crippen LogP contribution in [0.2, 0.25) is 0 Å². The highest BCUT2D eigenvalue weighted by Gasteiger charge is 2.32. The van der Waals surface area contributed by atoms with Crippen LogP contribution in [-0.2, 0) is 14.4 Å². The van der Waals surface area contributed by atoms with Crippen LogP contribution in [0.4, 0.5) is 4.79 Å². The average Bonchev–Trinajstić information content (AvgIpc) is 2.44. The summed E-state index contributed by atoms with van der Waals surface area (Å²) in [6, 6.07) is -1.32. The maximum atomic E-state index is 12.1. The lowest BCUT2D eigenvalue weighted by molar-refractivity contribution is -0.133. The SMILES string of the molecule is CCC1C(=O)NCCN1C(=O)NC(=O)C(C)=C(C)C(=O)O. The number of rotatable bonds is 3. The summed E-state index contributed by atoms with van der Waals surface area (Å²) in [6.07, 6.45) is 0.427. The van der Waals surface area contributed by atoms with Gasteiger partial charge in [-0.3, -0.25) is 14.9 Å². The monoisotopic (exact) mass is 297 g/mol. The molecule has 0 radical (unpaired) electrons. The minimum Gasteiger partial charge on any atom is -0.478 e. The minimum atomic E-state index is -1.22. The fourth-order valence-electron chi connectivity index (χ4n) is 1.96. The van der Waals surface area contributed by atoms with Crippen LogP contribution < -0.4 is 10.6 Å². The molecule has 0 bridgehead atoms. The standard InChI is InChI=1S/C13H19N3O5/c1-4-9-11(18)14-5-6-16(9)13(21)15-10(17)7(2)8(3)12(19)20/h9H,4-6H2,1-3H3,(H,14,18)(H,19,20)(H,15,17,21). The van der Waals surface area contributed by atoms with E-state index >= 15 is 0 Å². The van der Waals surface area contributed by atoms with Crippen LogP contribution in [0.25, 0.3) is 0 Å². The van der Waals surface area contributed by atoms with Crippen molar-refractivity contribution >= 4 is 23.8 Å². The molecule has 0 saturated carbocycles. The second-order valence-corrected chi connectivity index (χ2v) is 4.72. The van der Waals surface area contributed by atoms with Crippen molar-refractivity contribution in [2.45, 2.75) is 33.2 Å². The maximum Gasteiger partial charge on any atom is 0.331 e. The Hall–Kier alpha value is -2.38. The molecule has 3 N–H and O–H groups in total. The normalized spacial score (nSPS) is 19.5. The quantitative estimate of drug-likeness (QED) is 0.627. The number of nitrogens with zero attached hydrogens (tertiary/aromatic N) is 1. The number of nitrogens with one attached hydrogen (secondary N) is 2. The molecule has 8 nitrogen and oxygen atoms in total. The number of carbonyl (C=O) groups is 4. The molecule has 4 amide bonds. The number of hydrogen-bond acceptors (Lipinski definition) is 4. The average molecular weight is 297 g/mol. The smallest absolute Gasteiger partial charge is 0.331 e. The van der Waals surface area contributed by atoms with Crippen molar-refractivity contribution in [3.8, 4) is 0 Å². The van der Waals surface area contributed by atoms with E-state index in [1.807, 2.05) is 0 Å². The molecule has 116 valence electrons. The molecule has 0 aliphatic carbocycles. The Morgan fingerprint density at radius 1 is 1.33 bits per heavy atom. The highest BCUT2D eigenvalue weighted by Crippen LogP contribution is 2.09.